The molecule has 0 atom stereocenters. The number of halogens is 3. The quantitative estimate of drug-likeness (QED) is 0.824. The molecule has 5 nitrogen and oxygen atoms in total. The Kier molecular flexibility index (Phi) is 6.58. The predicted octanol–water partition coefficient (Wildman–Crippen LogP) is 0.592. The normalized spacial score (nSPS) is 11.5. The fourth-order valence-electron chi connectivity index (χ4n) is 0.936. The average Bonchev–Trinajstić information content (AvgIpc) is 2.26. The van der Waals surface area contributed by atoms with Gasteiger partial charge in [-0.3, -0.25) is 4.79 Å². The summed E-state index contributed by atoms with van der Waals surface area (Å²) in [6.07, 6.45) is -4.80. The fraction of sp³-hybridized carbons (Fsp3) is 0.222. The van der Waals surface area contributed by atoms with Gasteiger partial charge in [0.15, 0.2) is 6.61 Å². The van der Waals surface area contributed by atoms with Crippen molar-refractivity contribution in [2.45, 2.75) is 6.18 Å². The van der Waals surface area contributed by atoms with Crippen LogP contribution in [-0.2, 0) is 14.5 Å². The summed E-state index contributed by atoms with van der Waals surface area (Å²) in [4.78, 5) is 11.3. The van der Waals surface area contributed by atoms with Crippen molar-refractivity contribution < 1.29 is 30.6 Å². The average molecular weight is 291 g/mol. The van der Waals surface area contributed by atoms with Gasteiger partial charge in [-0.05, 0) is 12.1 Å². The number of hydrogen-bond acceptors (Lipinski definition) is 4. The Bertz CT molecular complexity index is 518. The van der Waals surface area contributed by atoms with Crippen LogP contribution in [0.4, 0.5) is 13.2 Å². The Hall–Kier alpha value is -1.01. The summed E-state index contributed by atoms with van der Waals surface area (Å²) >= 11 is 0. The first kappa shape index (κ1) is 18.0. The first-order chi connectivity index (χ1) is 8.20. The molecule has 0 heterocycles. The van der Waals surface area contributed by atoms with Gasteiger partial charge in [0.2, 0.25) is 0 Å². The van der Waals surface area contributed by atoms with Crippen molar-refractivity contribution in [1.82, 2.24) is 4.72 Å². The molecule has 0 aromatic heterocycles. The molecule has 0 aliphatic carbocycles. The van der Waals surface area contributed by atoms with Crippen molar-refractivity contribution in [3.63, 3.8) is 0 Å². The summed E-state index contributed by atoms with van der Waals surface area (Å²) in [5.74, 6) is -1.07. The molecule has 1 aromatic carbocycles. The van der Waals surface area contributed by atoms with Crippen molar-refractivity contribution in [3.05, 3.63) is 35.9 Å². The Morgan fingerprint density at radius 1 is 1.21 bits per heavy atom. The maximum atomic E-state index is 11.7. The van der Waals surface area contributed by atoms with E-state index < -0.39 is 29.0 Å². The van der Waals surface area contributed by atoms with Crippen LogP contribution < -0.4 is 4.72 Å². The Morgan fingerprint density at radius 2 is 1.74 bits per heavy atom. The Morgan fingerprint density at radius 3 is 2.21 bits per heavy atom. The second-order valence-corrected chi connectivity index (χ2v) is 4.48. The van der Waals surface area contributed by atoms with Crippen molar-refractivity contribution in [2.24, 2.45) is 0 Å². The molecule has 19 heavy (non-hydrogen) atoms. The zero-order valence-corrected chi connectivity index (χ0v) is 9.59. The molecule has 0 aliphatic rings. The van der Waals surface area contributed by atoms with Gasteiger partial charge in [-0.25, -0.2) is 8.91 Å². The van der Waals surface area contributed by atoms with Gasteiger partial charge in [-0.15, -0.1) is 0 Å². The zero-order valence-electron chi connectivity index (χ0n) is 8.77. The summed E-state index contributed by atoms with van der Waals surface area (Å²) in [7, 11) is -4.78. The van der Waals surface area contributed by atoms with Gasteiger partial charge in [-0.1, -0.05) is 18.2 Å². The molecule has 0 saturated carbocycles. The number of benzene rings is 1. The van der Waals surface area contributed by atoms with E-state index in [0.29, 0.717) is 0 Å². The van der Waals surface area contributed by atoms with E-state index in [0.717, 1.165) is 0 Å². The molecule has 102 valence electrons. The summed E-state index contributed by atoms with van der Waals surface area (Å²) in [5.41, 5.74) is -0.0170. The van der Waals surface area contributed by atoms with Gasteiger partial charge in [0.05, 0.1) is 0 Å². The van der Waals surface area contributed by atoms with Gasteiger partial charge in [-0.2, -0.15) is 21.6 Å². The van der Waals surface area contributed by atoms with E-state index in [2.05, 4.69) is 4.18 Å². The van der Waals surface area contributed by atoms with Gasteiger partial charge >= 0.3 is 35.3 Å². The van der Waals surface area contributed by atoms with E-state index in [9.17, 15) is 26.4 Å². The third-order valence-electron chi connectivity index (χ3n) is 1.63. The van der Waals surface area contributed by atoms with Gasteiger partial charge < -0.3 is 0 Å². The topological polar surface area (TPSA) is 72.5 Å². The summed E-state index contributed by atoms with van der Waals surface area (Å²) in [6, 6.07) is 7.13. The molecule has 0 unspecified atom stereocenters. The molecule has 0 bridgehead atoms. The third-order valence-corrected chi connectivity index (χ3v) is 2.49. The standard InChI is InChI=1S/C9H8F3NO4S.Li.H/c10-9(11,12)6-17-18(15,16)13-8(14)7-4-2-1-3-5-7;;/h1-5H,6H2,(H,13,14);;. The number of alkyl halides is 3. The Labute approximate surface area is 119 Å². The number of carbonyl (C=O) groups excluding carboxylic acids is 1. The van der Waals surface area contributed by atoms with E-state index in [1.807, 2.05) is 0 Å². The van der Waals surface area contributed by atoms with Gasteiger partial charge in [0, 0.05) is 5.56 Å². The van der Waals surface area contributed by atoms with Crippen LogP contribution in [0.15, 0.2) is 30.3 Å². The Balaban J connectivity index is 0.00000324. The van der Waals surface area contributed by atoms with Crippen LogP contribution in [0.2, 0.25) is 0 Å². The molecule has 1 N–H and O–H groups in total. The zero-order chi connectivity index (χ0) is 13.8. The fourth-order valence-corrected chi connectivity index (χ4v) is 1.63. The molecule has 1 amide bonds. The molecule has 0 aliphatic heterocycles. The minimum absolute atomic E-state index is 0. The number of nitrogens with one attached hydrogen (secondary N) is 1. The second-order valence-electron chi connectivity index (χ2n) is 3.13. The van der Waals surface area contributed by atoms with Crippen molar-refractivity contribution in [1.29, 1.82) is 0 Å². The molecule has 0 fully saturated rings. The van der Waals surface area contributed by atoms with Crippen LogP contribution in [0.25, 0.3) is 0 Å². The molecular formula is C9H9F3LiNO4S. The van der Waals surface area contributed by atoms with Crippen molar-refractivity contribution >= 4 is 35.1 Å². The minimum atomic E-state index is -4.80. The summed E-state index contributed by atoms with van der Waals surface area (Å²) in [5, 5.41) is 0. The van der Waals surface area contributed by atoms with Crippen LogP contribution in [0.5, 0.6) is 0 Å². The first-order valence-corrected chi connectivity index (χ1v) is 5.94. The van der Waals surface area contributed by atoms with Crippen molar-refractivity contribution in [2.75, 3.05) is 6.61 Å². The summed E-state index contributed by atoms with van der Waals surface area (Å²) in [6.45, 7) is -2.00. The van der Waals surface area contributed by atoms with Crippen LogP contribution >= 0.6 is 0 Å². The van der Waals surface area contributed by atoms with E-state index in [4.69, 9.17) is 0 Å². The van der Waals surface area contributed by atoms with Gasteiger partial charge in [0.1, 0.15) is 0 Å². The second kappa shape index (κ2) is 6.95. The number of hydrogen-bond donors (Lipinski definition) is 1. The SMILES string of the molecule is O=C(NS(=O)(=O)OCC(F)(F)F)c1ccccc1.[LiH]. The van der Waals surface area contributed by atoms with E-state index in [-0.39, 0.29) is 24.4 Å². The molecule has 1 aromatic rings. The molecule has 0 saturated heterocycles. The van der Waals surface area contributed by atoms with Gasteiger partial charge in [0.25, 0.3) is 5.91 Å². The first-order valence-electron chi connectivity index (χ1n) is 4.53. The molecule has 0 radical (unpaired) electrons. The van der Waals surface area contributed by atoms with Crippen LogP contribution in [0.1, 0.15) is 10.4 Å². The van der Waals surface area contributed by atoms with E-state index in [1.54, 1.807) is 6.07 Å². The molecule has 10 heteroatoms. The molecule has 0 spiro atoms. The van der Waals surface area contributed by atoms with E-state index in [1.165, 1.54) is 29.0 Å². The number of rotatable bonds is 4. The number of carbonyl (C=O) groups is 1. The van der Waals surface area contributed by atoms with Crippen LogP contribution in [-0.4, -0.2) is 46.0 Å². The third kappa shape index (κ3) is 7.22. The van der Waals surface area contributed by atoms with Crippen LogP contribution in [0, 0.1) is 0 Å². The van der Waals surface area contributed by atoms with E-state index >= 15 is 0 Å². The maximum absolute atomic E-state index is 11.7. The number of amides is 1. The van der Waals surface area contributed by atoms with Crippen LogP contribution in [0.3, 0.4) is 0 Å². The molecule has 1 rings (SSSR count). The summed E-state index contributed by atoms with van der Waals surface area (Å²) < 4.78 is 62.2. The molecular weight excluding hydrogens is 282 g/mol. The van der Waals surface area contributed by atoms with Crippen molar-refractivity contribution in [3.8, 4) is 0 Å². The predicted molar refractivity (Wildman–Crippen MR) is 62.0 cm³/mol. The monoisotopic (exact) mass is 291 g/mol.